The Labute approximate surface area is 137 Å². The second-order valence-electron chi connectivity index (χ2n) is 6.37. The van der Waals surface area contributed by atoms with Crippen LogP contribution in [-0.4, -0.2) is 27.2 Å². The molecule has 1 unspecified atom stereocenters. The number of hydrogen-bond donors (Lipinski definition) is 0. The van der Waals surface area contributed by atoms with Crippen molar-refractivity contribution in [1.82, 2.24) is 14.8 Å². The SMILES string of the molecule is CCN(C(=O)C1CCc2nc(C)nn2C1)c1ccc(C)cc1C. The summed E-state index contributed by atoms with van der Waals surface area (Å²) in [5.74, 6) is 1.96. The maximum atomic E-state index is 13.0. The highest BCUT2D eigenvalue weighted by Crippen LogP contribution is 2.26. The molecule has 5 nitrogen and oxygen atoms in total. The van der Waals surface area contributed by atoms with E-state index in [4.69, 9.17) is 0 Å². The van der Waals surface area contributed by atoms with Gasteiger partial charge >= 0.3 is 0 Å². The number of carbonyl (C=O) groups excluding carboxylic acids is 1. The van der Waals surface area contributed by atoms with E-state index in [1.54, 1.807) is 0 Å². The zero-order valence-corrected chi connectivity index (χ0v) is 14.3. The molecular formula is C18H24N4O. The maximum Gasteiger partial charge on any atom is 0.231 e. The quantitative estimate of drug-likeness (QED) is 0.875. The Morgan fingerprint density at radius 2 is 2.13 bits per heavy atom. The van der Waals surface area contributed by atoms with Crippen LogP contribution in [0.3, 0.4) is 0 Å². The van der Waals surface area contributed by atoms with Crippen LogP contribution >= 0.6 is 0 Å². The van der Waals surface area contributed by atoms with Crippen LogP contribution in [-0.2, 0) is 17.8 Å². The molecule has 0 fully saturated rings. The summed E-state index contributed by atoms with van der Waals surface area (Å²) in [5, 5.41) is 4.41. The van der Waals surface area contributed by atoms with Gasteiger partial charge < -0.3 is 4.90 Å². The topological polar surface area (TPSA) is 51.0 Å². The zero-order chi connectivity index (χ0) is 16.6. The molecule has 1 aromatic carbocycles. The van der Waals surface area contributed by atoms with Crippen molar-refractivity contribution in [3.8, 4) is 0 Å². The lowest BCUT2D eigenvalue weighted by Crippen LogP contribution is -2.40. The highest BCUT2D eigenvalue weighted by Gasteiger charge is 2.30. The number of anilines is 1. The normalized spacial score (nSPS) is 17.0. The van der Waals surface area contributed by atoms with E-state index in [-0.39, 0.29) is 11.8 Å². The van der Waals surface area contributed by atoms with Crippen molar-refractivity contribution in [3.05, 3.63) is 41.0 Å². The summed E-state index contributed by atoms with van der Waals surface area (Å²) in [7, 11) is 0. The van der Waals surface area contributed by atoms with E-state index in [1.807, 2.05) is 23.4 Å². The highest BCUT2D eigenvalue weighted by atomic mass is 16.2. The minimum atomic E-state index is -0.0238. The fourth-order valence-corrected chi connectivity index (χ4v) is 3.41. The molecule has 0 radical (unpaired) electrons. The van der Waals surface area contributed by atoms with E-state index in [9.17, 15) is 4.79 Å². The van der Waals surface area contributed by atoms with Gasteiger partial charge in [-0.05, 0) is 45.7 Å². The average molecular weight is 312 g/mol. The number of rotatable bonds is 3. The monoisotopic (exact) mass is 312 g/mol. The van der Waals surface area contributed by atoms with Crippen LogP contribution < -0.4 is 4.90 Å². The number of aryl methyl sites for hydroxylation is 4. The van der Waals surface area contributed by atoms with E-state index >= 15 is 0 Å². The predicted molar refractivity (Wildman–Crippen MR) is 90.5 cm³/mol. The molecule has 23 heavy (non-hydrogen) atoms. The van der Waals surface area contributed by atoms with Crippen molar-refractivity contribution in [3.63, 3.8) is 0 Å². The smallest absolute Gasteiger partial charge is 0.231 e. The van der Waals surface area contributed by atoms with Gasteiger partial charge in [-0.1, -0.05) is 17.7 Å². The highest BCUT2D eigenvalue weighted by molar-refractivity contribution is 5.95. The van der Waals surface area contributed by atoms with Gasteiger partial charge in [0.05, 0.1) is 12.5 Å². The summed E-state index contributed by atoms with van der Waals surface area (Å²) < 4.78 is 1.90. The largest absolute Gasteiger partial charge is 0.312 e. The minimum absolute atomic E-state index is 0.0238. The molecule has 0 saturated carbocycles. The van der Waals surface area contributed by atoms with E-state index in [1.165, 1.54) is 5.56 Å². The van der Waals surface area contributed by atoms with E-state index in [0.29, 0.717) is 13.1 Å². The molecule has 5 heteroatoms. The van der Waals surface area contributed by atoms with Crippen LogP contribution in [0.2, 0.25) is 0 Å². The zero-order valence-electron chi connectivity index (χ0n) is 14.3. The first-order chi connectivity index (χ1) is 11.0. The van der Waals surface area contributed by atoms with Crippen molar-refractivity contribution >= 4 is 11.6 Å². The van der Waals surface area contributed by atoms with Gasteiger partial charge in [0.2, 0.25) is 5.91 Å². The fraction of sp³-hybridized carbons (Fsp3) is 0.500. The van der Waals surface area contributed by atoms with Gasteiger partial charge in [-0.2, -0.15) is 5.10 Å². The first-order valence-corrected chi connectivity index (χ1v) is 8.28. The lowest BCUT2D eigenvalue weighted by molar-refractivity contribution is -0.123. The third-order valence-electron chi connectivity index (χ3n) is 4.54. The molecule has 0 N–H and O–H groups in total. The molecule has 0 saturated heterocycles. The standard InChI is InChI=1S/C18H24N4O/c1-5-21(16-8-6-12(2)10-13(16)3)18(23)15-7-9-17-19-14(4)20-22(17)11-15/h6,8,10,15H,5,7,9,11H2,1-4H3. The molecule has 2 heterocycles. The van der Waals surface area contributed by atoms with Crippen molar-refractivity contribution < 1.29 is 4.79 Å². The average Bonchev–Trinajstić information content (AvgIpc) is 2.88. The van der Waals surface area contributed by atoms with Crippen LogP contribution in [0.15, 0.2) is 18.2 Å². The van der Waals surface area contributed by atoms with Gasteiger partial charge in [0, 0.05) is 18.7 Å². The number of hydrogen-bond acceptors (Lipinski definition) is 3. The second kappa shape index (κ2) is 6.14. The summed E-state index contributed by atoms with van der Waals surface area (Å²) in [6.07, 6.45) is 1.67. The van der Waals surface area contributed by atoms with Crippen LogP contribution in [0.1, 0.15) is 36.1 Å². The lowest BCUT2D eigenvalue weighted by Gasteiger charge is -2.29. The van der Waals surface area contributed by atoms with Gasteiger partial charge in [-0.25, -0.2) is 9.67 Å². The maximum absolute atomic E-state index is 13.0. The van der Waals surface area contributed by atoms with Crippen LogP contribution in [0.4, 0.5) is 5.69 Å². The van der Waals surface area contributed by atoms with Gasteiger partial charge in [0.25, 0.3) is 0 Å². The van der Waals surface area contributed by atoms with Crippen LogP contribution in [0.25, 0.3) is 0 Å². The Morgan fingerprint density at radius 1 is 1.35 bits per heavy atom. The Balaban J connectivity index is 1.83. The third-order valence-corrected chi connectivity index (χ3v) is 4.54. The summed E-state index contributed by atoms with van der Waals surface area (Å²) in [6.45, 7) is 9.39. The number of carbonyl (C=O) groups is 1. The van der Waals surface area contributed by atoms with E-state index in [0.717, 1.165) is 35.7 Å². The van der Waals surface area contributed by atoms with Gasteiger partial charge in [0.1, 0.15) is 11.6 Å². The molecule has 2 aromatic rings. The Hall–Kier alpha value is -2.17. The third kappa shape index (κ3) is 3.00. The van der Waals surface area contributed by atoms with Crippen molar-refractivity contribution in [1.29, 1.82) is 0 Å². The summed E-state index contributed by atoms with van der Waals surface area (Å²) in [6, 6.07) is 6.25. The van der Waals surface area contributed by atoms with Crippen molar-refractivity contribution in [2.45, 2.75) is 47.1 Å². The van der Waals surface area contributed by atoms with Crippen LogP contribution in [0, 0.1) is 26.7 Å². The van der Waals surface area contributed by atoms with Gasteiger partial charge in [-0.3, -0.25) is 4.79 Å². The van der Waals surface area contributed by atoms with Crippen molar-refractivity contribution in [2.24, 2.45) is 5.92 Å². The van der Waals surface area contributed by atoms with Crippen molar-refractivity contribution in [2.75, 3.05) is 11.4 Å². The number of benzene rings is 1. The Kier molecular flexibility index (Phi) is 4.20. The summed E-state index contributed by atoms with van der Waals surface area (Å²) in [4.78, 5) is 19.4. The summed E-state index contributed by atoms with van der Waals surface area (Å²) >= 11 is 0. The molecule has 1 amide bonds. The minimum Gasteiger partial charge on any atom is -0.312 e. The summed E-state index contributed by atoms with van der Waals surface area (Å²) in [5.41, 5.74) is 3.38. The van der Waals surface area contributed by atoms with E-state index < -0.39 is 0 Å². The fourth-order valence-electron chi connectivity index (χ4n) is 3.41. The number of aromatic nitrogens is 3. The first kappa shape index (κ1) is 15.7. The molecule has 0 bridgehead atoms. The Morgan fingerprint density at radius 3 is 2.83 bits per heavy atom. The molecular weight excluding hydrogens is 288 g/mol. The number of nitrogens with zero attached hydrogens (tertiary/aromatic N) is 4. The molecule has 3 rings (SSSR count). The number of amides is 1. The van der Waals surface area contributed by atoms with Gasteiger partial charge in [0.15, 0.2) is 0 Å². The molecule has 0 spiro atoms. The Bertz CT molecular complexity index is 735. The molecule has 1 aromatic heterocycles. The number of fused-ring (bicyclic) bond motifs is 1. The molecule has 1 aliphatic rings. The van der Waals surface area contributed by atoms with Gasteiger partial charge in [-0.15, -0.1) is 0 Å². The van der Waals surface area contributed by atoms with Crippen LogP contribution in [0.5, 0.6) is 0 Å². The second-order valence-corrected chi connectivity index (χ2v) is 6.37. The molecule has 1 aliphatic heterocycles. The first-order valence-electron chi connectivity index (χ1n) is 8.28. The predicted octanol–water partition coefficient (Wildman–Crippen LogP) is 2.82. The molecule has 0 aliphatic carbocycles. The molecule has 122 valence electrons. The lowest BCUT2D eigenvalue weighted by atomic mass is 9.97. The van der Waals surface area contributed by atoms with E-state index in [2.05, 4.69) is 42.1 Å². The molecule has 1 atom stereocenters.